The first kappa shape index (κ1) is 19.7. The standard InChI is InChI=1S/C19H22N2O4S/c1-14(16-9-11-18(12-10-16)26(4,23)24)21(2)19(22)17-7-5-15(6-8-17)13-20-25-3/h5-14H,1-4H3/b20-13+. The van der Waals surface area contributed by atoms with Crippen molar-refractivity contribution in [2.75, 3.05) is 20.4 Å². The first-order chi connectivity index (χ1) is 12.2. The van der Waals surface area contributed by atoms with E-state index in [0.717, 1.165) is 11.1 Å². The minimum absolute atomic E-state index is 0.125. The number of benzene rings is 2. The van der Waals surface area contributed by atoms with E-state index in [9.17, 15) is 13.2 Å². The van der Waals surface area contributed by atoms with Gasteiger partial charge in [-0.3, -0.25) is 4.79 Å². The van der Waals surface area contributed by atoms with Crippen LogP contribution in [0.4, 0.5) is 0 Å². The van der Waals surface area contributed by atoms with E-state index in [1.54, 1.807) is 66.7 Å². The summed E-state index contributed by atoms with van der Waals surface area (Å²) < 4.78 is 23.1. The first-order valence-electron chi connectivity index (χ1n) is 7.98. The molecule has 0 heterocycles. The summed E-state index contributed by atoms with van der Waals surface area (Å²) in [4.78, 5) is 19.2. The Labute approximate surface area is 154 Å². The zero-order chi connectivity index (χ0) is 19.3. The summed E-state index contributed by atoms with van der Waals surface area (Å²) in [5, 5.41) is 3.68. The van der Waals surface area contributed by atoms with Crippen molar-refractivity contribution in [2.45, 2.75) is 17.9 Å². The Morgan fingerprint density at radius 2 is 1.69 bits per heavy atom. The van der Waals surface area contributed by atoms with Crippen LogP contribution in [0.15, 0.2) is 58.6 Å². The first-order valence-corrected chi connectivity index (χ1v) is 9.87. The topological polar surface area (TPSA) is 76.0 Å². The van der Waals surface area contributed by atoms with E-state index < -0.39 is 9.84 Å². The molecule has 2 aromatic rings. The number of rotatable bonds is 6. The van der Waals surface area contributed by atoms with Gasteiger partial charge in [0, 0.05) is 18.9 Å². The van der Waals surface area contributed by atoms with Crippen molar-refractivity contribution in [3.05, 3.63) is 65.2 Å². The lowest BCUT2D eigenvalue weighted by atomic mass is 10.1. The van der Waals surface area contributed by atoms with Gasteiger partial charge in [0.15, 0.2) is 9.84 Å². The van der Waals surface area contributed by atoms with E-state index in [2.05, 4.69) is 9.99 Å². The summed E-state index contributed by atoms with van der Waals surface area (Å²) in [5.74, 6) is -0.125. The van der Waals surface area contributed by atoms with Crippen molar-refractivity contribution >= 4 is 22.0 Å². The molecule has 0 saturated heterocycles. The highest BCUT2D eigenvalue weighted by Crippen LogP contribution is 2.22. The van der Waals surface area contributed by atoms with Crippen LogP contribution >= 0.6 is 0 Å². The maximum absolute atomic E-state index is 12.7. The van der Waals surface area contributed by atoms with Gasteiger partial charge in [-0.1, -0.05) is 29.4 Å². The fourth-order valence-electron chi connectivity index (χ4n) is 2.42. The minimum atomic E-state index is -3.24. The molecule has 0 aliphatic heterocycles. The molecule has 2 rings (SSSR count). The molecule has 0 radical (unpaired) electrons. The Balaban J connectivity index is 2.15. The predicted molar refractivity (Wildman–Crippen MR) is 101 cm³/mol. The Hall–Kier alpha value is -2.67. The number of hydrogen-bond acceptors (Lipinski definition) is 5. The largest absolute Gasteiger partial charge is 0.399 e. The van der Waals surface area contributed by atoms with Crippen LogP contribution in [0.25, 0.3) is 0 Å². The lowest BCUT2D eigenvalue weighted by molar-refractivity contribution is 0.0742. The third-order valence-corrected chi connectivity index (χ3v) is 5.29. The molecule has 0 saturated carbocycles. The molecule has 1 unspecified atom stereocenters. The third-order valence-electron chi connectivity index (χ3n) is 4.16. The van der Waals surface area contributed by atoms with Crippen molar-refractivity contribution < 1.29 is 18.0 Å². The van der Waals surface area contributed by atoms with Crippen LogP contribution in [-0.4, -0.2) is 45.9 Å². The molecule has 0 aliphatic rings. The van der Waals surface area contributed by atoms with E-state index in [1.165, 1.54) is 13.4 Å². The van der Waals surface area contributed by atoms with Gasteiger partial charge in [0.05, 0.1) is 17.2 Å². The molecular formula is C19H22N2O4S. The lowest BCUT2D eigenvalue weighted by Gasteiger charge is -2.25. The number of amides is 1. The van der Waals surface area contributed by atoms with Crippen LogP contribution in [0.1, 0.15) is 34.5 Å². The van der Waals surface area contributed by atoms with Gasteiger partial charge in [-0.05, 0) is 42.3 Å². The molecule has 26 heavy (non-hydrogen) atoms. The van der Waals surface area contributed by atoms with E-state index in [0.29, 0.717) is 5.56 Å². The molecule has 1 amide bonds. The van der Waals surface area contributed by atoms with E-state index in [-0.39, 0.29) is 16.8 Å². The molecule has 0 bridgehead atoms. The summed E-state index contributed by atoms with van der Waals surface area (Å²) in [6.45, 7) is 1.90. The van der Waals surface area contributed by atoms with E-state index in [1.807, 2.05) is 6.92 Å². The number of carbonyl (C=O) groups excluding carboxylic acids is 1. The van der Waals surface area contributed by atoms with Gasteiger partial charge in [-0.15, -0.1) is 0 Å². The van der Waals surface area contributed by atoms with Crippen LogP contribution in [0.3, 0.4) is 0 Å². The Kier molecular flexibility index (Phi) is 6.15. The van der Waals surface area contributed by atoms with Crippen LogP contribution in [0, 0.1) is 0 Å². The second kappa shape index (κ2) is 8.14. The van der Waals surface area contributed by atoms with Crippen LogP contribution in [0.5, 0.6) is 0 Å². The smallest absolute Gasteiger partial charge is 0.254 e. The van der Waals surface area contributed by atoms with Crippen LogP contribution in [0.2, 0.25) is 0 Å². The zero-order valence-corrected chi connectivity index (χ0v) is 16.0. The summed E-state index contributed by atoms with van der Waals surface area (Å²) in [6.07, 6.45) is 2.73. The van der Waals surface area contributed by atoms with Gasteiger partial charge in [0.1, 0.15) is 7.11 Å². The number of oxime groups is 1. The van der Waals surface area contributed by atoms with Gasteiger partial charge in [0.2, 0.25) is 0 Å². The number of carbonyl (C=O) groups is 1. The molecule has 7 heteroatoms. The predicted octanol–water partition coefficient (Wildman–Crippen LogP) is 2.90. The molecule has 0 fully saturated rings. The highest BCUT2D eigenvalue weighted by molar-refractivity contribution is 7.90. The average Bonchev–Trinajstić information content (AvgIpc) is 2.64. The zero-order valence-electron chi connectivity index (χ0n) is 15.2. The molecular weight excluding hydrogens is 352 g/mol. The van der Waals surface area contributed by atoms with Gasteiger partial charge < -0.3 is 9.74 Å². The molecule has 0 spiro atoms. The Morgan fingerprint density at radius 3 is 2.19 bits per heavy atom. The Morgan fingerprint density at radius 1 is 1.12 bits per heavy atom. The molecule has 0 aliphatic carbocycles. The summed E-state index contributed by atoms with van der Waals surface area (Å²) in [7, 11) is -0.0503. The normalized spacial score (nSPS) is 12.8. The molecule has 2 aromatic carbocycles. The van der Waals surface area contributed by atoms with Gasteiger partial charge in [-0.25, -0.2) is 8.42 Å². The quantitative estimate of drug-likeness (QED) is 0.575. The van der Waals surface area contributed by atoms with Crippen molar-refractivity contribution in [1.82, 2.24) is 4.90 Å². The molecule has 138 valence electrons. The maximum Gasteiger partial charge on any atom is 0.254 e. The van der Waals surface area contributed by atoms with Gasteiger partial charge in [0.25, 0.3) is 5.91 Å². The van der Waals surface area contributed by atoms with Crippen LogP contribution < -0.4 is 0 Å². The van der Waals surface area contributed by atoms with Gasteiger partial charge >= 0.3 is 0 Å². The van der Waals surface area contributed by atoms with E-state index >= 15 is 0 Å². The highest BCUT2D eigenvalue weighted by Gasteiger charge is 2.19. The maximum atomic E-state index is 12.7. The average molecular weight is 374 g/mol. The number of sulfone groups is 1. The monoisotopic (exact) mass is 374 g/mol. The highest BCUT2D eigenvalue weighted by atomic mass is 32.2. The molecule has 0 N–H and O–H groups in total. The second-order valence-electron chi connectivity index (χ2n) is 5.97. The van der Waals surface area contributed by atoms with Crippen molar-refractivity contribution in [1.29, 1.82) is 0 Å². The molecule has 1 atom stereocenters. The SMILES string of the molecule is CO/N=C/c1ccc(C(=O)N(C)C(C)c2ccc(S(C)(=O)=O)cc2)cc1. The summed E-state index contributed by atoms with van der Waals surface area (Å²) in [6, 6.07) is 13.4. The van der Waals surface area contributed by atoms with E-state index in [4.69, 9.17) is 0 Å². The fourth-order valence-corrected chi connectivity index (χ4v) is 3.05. The Bertz CT molecular complexity index is 888. The lowest BCUT2D eigenvalue weighted by Crippen LogP contribution is -2.29. The fraction of sp³-hybridized carbons (Fsp3) is 0.263. The minimum Gasteiger partial charge on any atom is -0.399 e. The molecule has 0 aromatic heterocycles. The summed E-state index contributed by atoms with van der Waals surface area (Å²) >= 11 is 0. The number of nitrogens with zero attached hydrogens (tertiary/aromatic N) is 2. The van der Waals surface area contributed by atoms with Crippen molar-refractivity contribution in [3.63, 3.8) is 0 Å². The number of hydrogen-bond donors (Lipinski definition) is 0. The molecule has 6 nitrogen and oxygen atoms in total. The third kappa shape index (κ3) is 4.70. The van der Waals surface area contributed by atoms with Crippen molar-refractivity contribution in [2.24, 2.45) is 5.16 Å². The van der Waals surface area contributed by atoms with Crippen molar-refractivity contribution in [3.8, 4) is 0 Å². The summed E-state index contributed by atoms with van der Waals surface area (Å²) in [5.41, 5.74) is 2.24. The van der Waals surface area contributed by atoms with Crippen LogP contribution in [-0.2, 0) is 14.7 Å². The second-order valence-corrected chi connectivity index (χ2v) is 7.99. The van der Waals surface area contributed by atoms with Gasteiger partial charge in [-0.2, -0.15) is 0 Å².